The molecule has 1 heterocycles. The maximum Gasteiger partial charge on any atom is 0.348 e. The minimum absolute atomic E-state index is 0.0276. The molecule has 0 radical (unpaired) electrons. The van der Waals surface area contributed by atoms with Crippen molar-refractivity contribution >= 4 is 34.3 Å². The van der Waals surface area contributed by atoms with Crippen LogP contribution in [0.15, 0.2) is 62.7 Å². The number of nitrogens with zero attached hydrogens (tertiary/aromatic N) is 3. The van der Waals surface area contributed by atoms with Gasteiger partial charge in [-0.15, -0.1) is 0 Å². The molecule has 7 nitrogen and oxygen atoms in total. The van der Waals surface area contributed by atoms with E-state index in [0.29, 0.717) is 16.6 Å². The molecule has 0 unspecified atom stereocenters. The van der Waals surface area contributed by atoms with Gasteiger partial charge in [0.05, 0.1) is 16.6 Å². The first kappa shape index (κ1) is 14.6. The molecular weight excluding hydrogens is 294 g/mol. The minimum Gasteiger partial charge on any atom is -0.388 e. The van der Waals surface area contributed by atoms with Crippen LogP contribution in [0, 0.1) is 0 Å². The Balaban J connectivity index is 2.05. The van der Waals surface area contributed by atoms with E-state index in [9.17, 15) is 4.79 Å². The standard InChI is InChI=1S/C16H15N5O2/c1-21(11-6-4-5-10(9-11)19-15(17)18)16-20-13-8-3-2-7-12(13)14(22)23-16/h2-9H,1H3,(H4,17,18,19). The summed E-state index contributed by atoms with van der Waals surface area (Å²) >= 11 is 0. The van der Waals surface area contributed by atoms with Crippen molar-refractivity contribution in [2.24, 2.45) is 16.5 Å². The summed E-state index contributed by atoms with van der Waals surface area (Å²) in [6, 6.07) is 14.4. The Bertz CT molecular complexity index is 944. The molecule has 3 aromatic rings. The Morgan fingerprint density at radius 3 is 2.74 bits per heavy atom. The molecule has 2 aromatic carbocycles. The number of anilines is 2. The fraction of sp³-hybridized carbons (Fsp3) is 0.0625. The number of aromatic nitrogens is 1. The van der Waals surface area contributed by atoms with Crippen LogP contribution in [0.3, 0.4) is 0 Å². The zero-order valence-electron chi connectivity index (χ0n) is 12.4. The van der Waals surface area contributed by atoms with Crippen LogP contribution in [0.5, 0.6) is 0 Å². The van der Waals surface area contributed by atoms with Gasteiger partial charge in [0.2, 0.25) is 0 Å². The zero-order valence-corrected chi connectivity index (χ0v) is 12.4. The van der Waals surface area contributed by atoms with Crippen LogP contribution < -0.4 is 22.0 Å². The van der Waals surface area contributed by atoms with Crippen LogP contribution in [0.4, 0.5) is 17.4 Å². The van der Waals surface area contributed by atoms with Crippen molar-refractivity contribution in [3.8, 4) is 0 Å². The molecule has 23 heavy (non-hydrogen) atoms. The average molecular weight is 309 g/mol. The summed E-state index contributed by atoms with van der Waals surface area (Å²) in [5.74, 6) is -0.0276. The summed E-state index contributed by atoms with van der Waals surface area (Å²) in [6.45, 7) is 0. The van der Waals surface area contributed by atoms with Gasteiger partial charge < -0.3 is 15.9 Å². The molecule has 0 aliphatic heterocycles. The Kier molecular flexibility index (Phi) is 3.68. The van der Waals surface area contributed by atoms with Gasteiger partial charge in [-0.2, -0.15) is 4.98 Å². The molecule has 1 aromatic heterocycles. The first-order chi connectivity index (χ1) is 11.0. The van der Waals surface area contributed by atoms with E-state index in [4.69, 9.17) is 15.9 Å². The fourth-order valence-electron chi connectivity index (χ4n) is 2.18. The lowest BCUT2D eigenvalue weighted by Gasteiger charge is -2.16. The van der Waals surface area contributed by atoms with Crippen molar-refractivity contribution in [2.75, 3.05) is 11.9 Å². The van der Waals surface area contributed by atoms with Crippen LogP contribution in [0.1, 0.15) is 0 Å². The maximum atomic E-state index is 12.1. The maximum absolute atomic E-state index is 12.1. The highest BCUT2D eigenvalue weighted by Crippen LogP contribution is 2.26. The van der Waals surface area contributed by atoms with Gasteiger partial charge in [0, 0.05) is 12.7 Å². The van der Waals surface area contributed by atoms with Crippen molar-refractivity contribution in [1.82, 2.24) is 4.98 Å². The summed E-state index contributed by atoms with van der Waals surface area (Å²) < 4.78 is 5.30. The third kappa shape index (κ3) is 2.98. The van der Waals surface area contributed by atoms with Crippen LogP contribution >= 0.6 is 0 Å². The normalized spacial score (nSPS) is 10.5. The molecular formula is C16H15N5O2. The number of nitrogens with two attached hydrogens (primary N) is 2. The van der Waals surface area contributed by atoms with Crippen LogP contribution in [-0.2, 0) is 0 Å². The number of aliphatic imine (C=N–C) groups is 1. The van der Waals surface area contributed by atoms with Gasteiger partial charge in [-0.1, -0.05) is 18.2 Å². The Hall–Kier alpha value is -3.35. The molecule has 0 bridgehead atoms. The van der Waals surface area contributed by atoms with Crippen molar-refractivity contribution in [2.45, 2.75) is 0 Å². The predicted molar refractivity (Wildman–Crippen MR) is 90.3 cm³/mol. The molecule has 0 atom stereocenters. The molecule has 0 spiro atoms. The molecule has 3 rings (SSSR count). The minimum atomic E-state index is -0.433. The number of fused-ring (bicyclic) bond motifs is 1. The van der Waals surface area contributed by atoms with Gasteiger partial charge in [-0.3, -0.25) is 4.90 Å². The molecule has 0 saturated heterocycles. The highest BCUT2D eigenvalue weighted by atomic mass is 16.4. The van der Waals surface area contributed by atoms with Gasteiger partial charge in [-0.05, 0) is 30.3 Å². The van der Waals surface area contributed by atoms with Gasteiger partial charge in [0.1, 0.15) is 0 Å². The van der Waals surface area contributed by atoms with E-state index in [1.165, 1.54) is 0 Å². The molecule has 0 fully saturated rings. The van der Waals surface area contributed by atoms with Gasteiger partial charge in [0.15, 0.2) is 5.96 Å². The predicted octanol–water partition coefficient (Wildman–Crippen LogP) is 1.86. The zero-order chi connectivity index (χ0) is 16.4. The smallest absolute Gasteiger partial charge is 0.348 e. The lowest BCUT2D eigenvalue weighted by molar-refractivity contribution is 0.507. The Morgan fingerprint density at radius 1 is 1.17 bits per heavy atom. The van der Waals surface area contributed by atoms with Crippen molar-refractivity contribution in [3.63, 3.8) is 0 Å². The quantitative estimate of drug-likeness (QED) is 0.564. The fourth-order valence-corrected chi connectivity index (χ4v) is 2.18. The Labute approximate surface area is 131 Å². The van der Waals surface area contributed by atoms with E-state index in [0.717, 1.165) is 5.69 Å². The van der Waals surface area contributed by atoms with Gasteiger partial charge in [0.25, 0.3) is 0 Å². The third-order valence-corrected chi connectivity index (χ3v) is 3.29. The number of benzene rings is 2. The van der Waals surface area contributed by atoms with Crippen LogP contribution in [0.2, 0.25) is 0 Å². The summed E-state index contributed by atoms with van der Waals surface area (Å²) in [7, 11) is 1.74. The monoisotopic (exact) mass is 309 g/mol. The number of hydrogen-bond acceptors (Lipinski definition) is 5. The van der Waals surface area contributed by atoms with Crippen molar-refractivity contribution in [3.05, 3.63) is 59.0 Å². The topological polar surface area (TPSA) is 111 Å². The molecule has 4 N–H and O–H groups in total. The second-order valence-electron chi connectivity index (χ2n) is 4.92. The molecule has 0 aliphatic rings. The third-order valence-electron chi connectivity index (χ3n) is 3.29. The van der Waals surface area contributed by atoms with E-state index in [-0.39, 0.29) is 12.0 Å². The Morgan fingerprint density at radius 2 is 1.96 bits per heavy atom. The number of guanidine groups is 1. The molecule has 116 valence electrons. The van der Waals surface area contributed by atoms with E-state index in [2.05, 4.69) is 9.98 Å². The van der Waals surface area contributed by atoms with Gasteiger partial charge in [-0.25, -0.2) is 9.79 Å². The van der Waals surface area contributed by atoms with E-state index in [1.807, 2.05) is 12.1 Å². The van der Waals surface area contributed by atoms with E-state index >= 15 is 0 Å². The second kappa shape index (κ2) is 5.80. The first-order valence-corrected chi connectivity index (χ1v) is 6.88. The second-order valence-corrected chi connectivity index (χ2v) is 4.92. The molecule has 0 aliphatic carbocycles. The molecule has 0 saturated carbocycles. The average Bonchev–Trinajstić information content (AvgIpc) is 2.54. The van der Waals surface area contributed by atoms with Crippen molar-refractivity contribution in [1.29, 1.82) is 0 Å². The molecule has 7 heteroatoms. The number of hydrogen-bond donors (Lipinski definition) is 2. The summed E-state index contributed by atoms with van der Waals surface area (Å²) in [5, 5.41) is 0.443. The van der Waals surface area contributed by atoms with Crippen molar-refractivity contribution < 1.29 is 4.42 Å². The highest BCUT2D eigenvalue weighted by Gasteiger charge is 2.12. The first-order valence-electron chi connectivity index (χ1n) is 6.88. The van der Waals surface area contributed by atoms with Crippen LogP contribution in [0.25, 0.3) is 10.9 Å². The lowest BCUT2D eigenvalue weighted by Crippen LogP contribution is -2.21. The SMILES string of the molecule is CN(c1cccc(N=C(N)N)c1)c1nc2ccccc2c(=O)o1. The summed E-state index contributed by atoms with van der Waals surface area (Å²) in [5.41, 5.74) is 12.2. The number of rotatable bonds is 3. The number of para-hydroxylation sites is 1. The van der Waals surface area contributed by atoms with Crippen LogP contribution in [-0.4, -0.2) is 18.0 Å². The van der Waals surface area contributed by atoms with E-state index < -0.39 is 5.63 Å². The summed E-state index contributed by atoms with van der Waals surface area (Å²) in [4.78, 5) is 22.1. The van der Waals surface area contributed by atoms with Gasteiger partial charge >= 0.3 is 11.6 Å². The lowest BCUT2D eigenvalue weighted by atomic mass is 10.2. The van der Waals surface area contributed by atoms with E-state index in [1.54, 1.807) is 48.3 Å². The molecule has 0 amide bonds. The summed E-state index contributed by atoms with van der Waals surface area (Å²) in [6.07, 6.45) is 0. The largest absolute Gasteiger partial charge is 0.388 e. The highest BCUT2D eigenvalue weighted by molar-refractivity contribution is 5.80.